The third-order valence-corrected chi connectivity index (χ3v) is 3.33. The van der Waals surface area contributed by atoms with Crippen LogP contribution in [0.25, 0.3) is 11.1 Å². The number of aryl methyl sites for hydroxylation is 1. The van der Waals surface area contributed by atoms with Gasteiger partial charge in [-0.25, -0.2) is 0 Å². The number of halogens is 3. The van der Waals surface area contributed by atoms with E-state index in [0.717, 1.165) is 12.8 Å². The monoisotopic (exact) mass is 272 g/mol. The molecule has 19 heavy (non-hydrogen) atoms. The Balaban J connectivity index is 2.41. The summed E-state index contributed by atoms with van der Waals surface area (Å²) in [5, 5.41) is 3.69. The van der Waals surface area contributed by atoms with Gasteiger partial charge in [0.15, 0.2) is 0 Å². The quantitative estimate of drug-likeness (QED) is 0.844. The summed E-state index contributed by atoms with van der Waals surface area (Å²) in [6, 6.07) is 0.634. The maximum absolute atomic E-state index is 13.1. The second-order valence-electron chi connectivity index (χ2n) is 4.66. The molecule has 2 aromatic rings. The molecule has 0 aliphatic heterocycles. The van der Waals surface area contributed by atoms with E-state index < -0.39 is 17.3 Å². The Hall–Kier alpha value is -1.79. The molecule has 0 atom stereocenters. The Morgan fingerprint density at radius 2 is 2.16 bits per heavy atom. The van der Waals surface area contributed by atoms with Crippen LogP contribution in [-0.4, -0.2) is 9.72 Å². The molecule has 1 saturated carbocycles. The van der Waals surface area contributed by atoms with Gasteiger partial charge in [-0.1, -0.05) is 5.16 Å². The molecule has 0 unspecified atom stereocenters. The average Bonchev–Trinajstić information content (AvgIpc) is 3.07. The van der Waals surface area contributed by atoms with E-state index in [1.54, 1.807) is 6.92 Å². The highest BCUT2D eigenvalue weighted by atomic mass is 19.4. The fourth-order valence-corrected chi connectivity index (χ4v) is 2.26. The van der Waals surface area contributed by atoms with Gasteiger partial charge in [0.1, 0.15) is 0 Å². The van der Waals surface area contributed by atoms with Crippen LogP contribution in [0.3, 0.4) is 0 Å². The molecule has 0 aromatic carbocycles. The number of alkyl halides is 3. The summed E-state index contributed by atoms with van der Waals surface area (Å²) < 4.78 is 45.3. The van der Waals surface area contributed by atoms with Crippen molar-refractivity contribution in [1.29, 1.82) is 0 Å². The van der Waals surface area contributed by atoms with Gasteiger partial charge in [-0.05, 0) is 19.8 Å². The van der Waals surface area contributed by atoms with Crippen LogP contribution in [0.1, 0.15) is 36.9 Å². The Kier molecular flexibility index (Phi) is 2.48. The molecule has 0 radical (unpaired) electrons. The molecule has 2 heterocycles. The third kappa shape index (κ3) is 1.84. The zero-order valence-electron chi connectivity index (χ0n) is 10.1. The topological polar surface area (TPSA) is 48.0 Å². The fourth-order valence-electron chi connectivity index (χ4n) is 2.26. The molecule has 1 aliphatic carbocycles. The van der Waals surface area contributed by atoms with E-state index >= 15 is 0 Å². The molecule has 102 valence electrons. The number of rotatable bonds is 2. The van der Waals surface area contributed by atoms with E-state index in [2.05, 4.69) is 5.16 Å². The Labute approximate surface area is 105 Å². The van der Waals surface area contributed by atoms with Crippen molar-refractivity contribution in [2.45, 2.75) is 38.4 Å². The van der Waals surface area contributed by atoms with Gasteiger partial charge in [-0.2, -0.15) is 13.2 Å². The van der Waals surface area contributed by atoms with E-state index in [4.69, 9.17) is 4.52 Å². The van der Waals surface area contributed by atoms with Gasteiger partial charge in [0, 0.05) is 18.5 Å². The predicted octanol–water partition coefficient (Wildman–Crippen LogP) is 2.91. The van der Waals surface area contributed by atoms with Crippen molar-refractivity contribution in [3.05, 3.63) is 27.7 Å². The molecule has 0 bridgehead atoms. The van der Waals surface area contributed by atoms with Crippen molar-refractivity contribution >= 4 is 11.1 Å². The molecule has 4 nitrogen and oxygen atoms in total. The second kappa shape index (κ2) is 3.85. The third-order valence-electron chi connectivity index (χ3n) is 3.33. The lowest BCUT2D eigenvalue weighted by Crippen LogP contribution is -2.22. The van der Waals surface area contributed by atoms with Crippen molar-refractivity contribution in [2.75, 3.05) is 0 Å². The van der Waals surface area contributed by atoms with E-state index in [9.17, 15) is 18.0 Å². The van der Waals surface area contributed by atoms with E-state index in [-0.39, 0.29) is 23.6 Å². The molecule has 1 fully saturated rings. The first kappa shape index (κ1) is 12.3. The first-order valence-corrected chi connectivity index (χ1v) is 6.03. The summed E-state index contributed by atoms with van der Waals surface area (Å²) in [7, 11) is 0. The van der Waals surface area contributed by atoms with E-state index in [0.29, 0.717) is 11.8 Å². The molecule has 0 N–H and O–H groups in total. The number of fused-ring (bicyclic) bond motifs is 1. The van der Waals surface area contributed by atoms with Crippen LogP contribution in [0.2, 0.25) is 0 Å². The molecule has 7 heteroatoms. The van der Waals surface area contributed by atoms with E-state index in [1.165, 1.54) is 4.57 Å². The molecule has 0 spiro atoms. The summed E-state index contributed by atoms with van der Waals surface area (Å²) in [4.78, 5) is 11.7. The molecular formula is C12H11F3N2O2. The minimum Gasteiger partial charge on any atom is -0.337 e. The summed E-state index contributed by atoms with van der Waals surface area (Å²) in [5.41, 5.74) is -1.42. The van der Waals surface area contributed by atoms with Gasteiger partial charge in [0.05, 0.1) is 16.6 Å². The average molecular weight is 272 g/mol. The second-order valence-corrected chi connectivity index (χ2v) is 4.66. The maximum Gasteiger partial charge on any atom is 0.417 e. The lowest BCUT2D eigenvalue weighted by molar-refractivity contribution is -0.136. The highest BCUT2D eigenvalue weighted by Crippen LogP contribution is 2.45. The van der Waals surface area contributed by atoms with E-state index in [1.807, 2.05) is 0 Å². The van der Waals surface area contributed by atoms with Crippen LogP contribution in [-0.2, 0) is 12.7 Å². The van der Waals surface area contributed by atoms with Crippen LogP contribution in [0, 0.1) is 0 Å². The molecule has 0 amide bonds. The number of hydrogen-bond acceptors (Lipinski definition) is 3. The lowest BCUT2D eigenvalue weighted by Gasteiger charge is -2.10. The van der Waals surface area contributed by atoms with Crippen LogP contribution >= 0.6 is 0 Å². The predicted molar refractivity (Wildman–Crippen MR) is 60.9 cm³/mol. The number of pyridine rings is 1. The summed E-state index contributed by atoms with van der Waals surface area (Å²) in [6.45, 7) is 1.92. The van der Waals surface area contributed by atoms with Gasteiger partial charge in [-0.15, -0.1) is 0 Å². The Bertz CT molecular complexity index is 695. The SMILES string of the molecule is CCn1c(=O)cc(C(F)(F)F)c2c(C3CC3)noc21. The lowest BCUT2D eigenvalue weighted by atomic mass is 10.1. The first-order chi connectivity index (χ1) is 8.93. The largest absolute Gasteiger partial charge is 0.417 e. The van der Waals surface area contributed by atoms with Gasteiger partial charge in [-0.3, -0.25) is 9.36 Å². The highest BCUT2D eigenvalue weighted by Gasteiger charge is 2.39. The normalized spacial score (nSPS) is 16.2. The molecule has 3 rings (SSSR count). The van der Waals surface area contributed by atoms with Crippen molar-refractivity contribution < 1.29 is 17.7 Å². The summed E-state index contributed by atoms with van der Waals surface area (Å²) in [6.07, 6.45) is -2.96. The van der Waals surface area contributed by atoms with Crippen LogP contribution < -0.4 is 5.56 Å². The van der Waals surface area contributed by atoms with Crippen molar-refractivity contribution in [3.8, 4) is 0 Å². The van der Waals surface area contributed by atoms with Gasteiger partial charge in [0.25, 0.3) is 5.56 Å². The summed E-state index contributed by atoms with van der Waals surface area (Å²) >= 11 is 0. The number of aromatic nitrogens is 2. The standard InChI is InChI=1S/C12H11F3N2O2/c1-2-17-8(18)5-7(12(13,14)15)9-10(6-3-4-6)16-19-11(9)17/h5-6H,2-4H2,1H3. The Morgan fingerprint density at radius 3 is 2.68 bits per heavy atom. The first-order valence-electron chi connectivity index (χ1n) is 6.03. The number of nitrogens with zero attached hydrogens (tertiary/aromatic N) is 2. The highest BCUT2D eigenvalue weighted by molar-refractivity contribution is 5.82. The van der Waals surface area contributed by atoms with Gasteiger partial charge in [0.2, 0.25) is 5.71 Å². The summed E-state index contributed by atoms with van der Waals surface area (Å²) in [5.74, 6) is 0.0187. The van der Waals surface area contributed by atoms with Crippen LogP contribution in [0.5, 0.6) is 0 Å². The molecule has 0 saturated heterocycles. The van der Waals surface area contributed by atoms with Crippen molar-refractivity contribution in [3.63, 3.8) is 0 Å². The van der Waals surface area contributed by atoms with Crippen molar-refractivity contribution in [1.82, 2.24) is 9.72 Å². The van der Waals surface area contributed by atoms with Crippen LogP contribution in [0.4, 0.5) is 13.2 Å². The minimum absolute atomic E-state index is 0.0187. The smallest absolute Gasteiger partial charge is 0.337 e. The van der Waals surface area contributed by atoms with Crippen molar-refractivity contribution in [2.24, 2.45) is 0 Å². The van der Waals surface area contributed by atoms with Crippen LogP contribution in [0.15, 0.2) is 15.4 Å². The fraction of sp³-hybridized carbons (Fsp3) is 0.500. The maximum atomic E-state index is 13.1. The molecule has 2 aromatic heterocycles. The van der Waals surface area contributed by atoms with Gasteiger partial charge >= 0.3 is 6.18 Å². The molecule has 1 aliphatic rings. The molecular weight excluding hydrogens is 261 g/mol. The number of hydrogen-bond donors (Lipinski definition) is 0. The minimum atomic E-state index is -4.58. The zero-order valence-corrected chi connectivity index (χ0v) is 10.1. The van der Waals surface area contributed by atoms with Gasteiger partial charge < -0.3 is 4.52 Å². The Morgan fingerprint density at radius 1 is 1.47 bits per heavy atom. The zero-order chi connectivity index (χ0) is 13.8.